The predicted molar refractivity (Wildman–Crippen MR) is 87.0 cm³/mol. The van der Waals surface area contributed by atoms with Gasteiger partial charge in [0, 0.05) is 6.42 Å². The first-order chi connectivity index (χ1) is 9.47. The number of anilines is 1. The van der Waals surface area contributed by atoms with Crippen molar-refractivity contribution in [1.29, 1.82) is 0 Å². The largest absolute Gasteiger partial charge is 0.354 e. The molecular weight excluding hydrogens is 313 g/mol. The fourth-order valence-electron chi connectivity index (χ4n) is 1.86. The average Bonchev–Trinajstić information content (AvgIpc) is 2.79. The lowest BCUT2D eigenvalue weighted by Gasteiger charge is -2.15. The monoisotopic (exact) mass is 329 g/mol. The molecule has 0 aliphatic rings. The number of halogens is 2. The zero-order valence-electron chi connectivity index (χ0n) is 11.7. The van der Waals surface area contributed by atoms with Crippen LogP contribution >= 0.6 is 34.5 Å². The topological polar surface area (TPSA) is 37.8 Å². The van der Waals surface area contributed by atoms with Crippen molar-refractivity contribution in [3.63, 3.8) is 0 Å². The Hall–Kier alpha value is -0.840. The Morgan fingerprint density at radius 1 is 1.20 bits per heavy atom. The van der Waals surface area contributed by atoms with Gasteiger partial charge in [0.2, 0.25) is 5.13 Å². The summed E-state index contributed by atoms with van der Waals surface area (Å²) in [6.45, 7) is 6.37. The van der Waals surface area contributed by atoms with Gasteiger partial charge in [0.25, 0.3) is 0 Å². The van der Waals surface area contributed by atoms with E-state index >= 15 is 0 Å². The van der Waals surface area contributed by atoms with Crippen LogP contribution in [0.15, 0.2) is 18.2 Å². The number of hydrogen-bond acceptors (Lipinski definition) is 4. The molecular formula is C14H17Cl2N3S. The van der Waals surface area contributed by atoms with Crippen LogP contribution in [0.5, 0.6) is 0 Å². The molecule has 0 fully saturated rings. The molecule has 0 amide bonds. The number of nitrogens with zero attached hydrogens (tertiary/aromatic N) is 2. The molecule has 108 valence electrons. The maximum atomic E-state index is 6.22. The zero-order chi connectivity index (χ0) is 14.7. The molecule has 1 aromatic carbocycles. The SMILES string of the molecule is CC(C)Cc1nnc(NC(C)c2cccc(Cl)c2Cl)s1. The second-order valence-electron chi connectivity index (χ2n) is 5.11. The molecule has 2 rings (SSSR count). The van der Waals surface area contributed by atoms with Gasteiger partial charge in [-0.15, -0.1) is 10.2 Å². The summed E-state index contributed by atoms with van der Waals surface area (Å²) >= 11 is 13.8. The minimum atomic E-state index is 0.0287. The molecule has 0 aliphatic carbocycles. The van der Waals surface area contributed by atoms with E-state index in [4.69, 9.17) is 23.2 Å². The smallest absolute Gasteiger partial charge is 0.206 e. The first kappa shape index (κ1) is 15.5. The third-order valence-corrected chi connectivity index (χ3v) is 4.55. The van der Waals surface area contributed by atoms with E-state index in [1.54, 1.807) is 17.4 Å². The Balaban J connectivity index is 2.09. The summed E-state index contributed by atoms with van der Waals surface area (Å²) in [6, 6.07) is 5.67. The molecule has 1 atom stereocenters. The second kappa shape index (κ2) is 6.74. The van der Waals surface area contributed by atoms with Crippen molar-refractivity contribution in [2.24, 2.45) is 5.92 Å². The van der Waals surface area contributed by atoms with Crippen molar-refractivity contribution >= 4 is 39.7 Å². The first-order valence-electron chi connectivity index (χ1n) is 6.50. The van der Waals surface area contributed by atoms with Crippen LogP contribution in [0.2, 0.25) is 10.0 Å². The molecule has 0 radical (unpaired) electrons. The van der Waals surface area contributed by atoms with Gasteiger partial charge >= 0.3 is 0 Å². The van der Waals surface area contributed by atoms with Gasteiger partial charge in [0.1, 0.15) is 5.01 Å². The van der Waals surface area contributed by atoms with E-state index < -0.39 is 0 Å². The van der Waals surface area contributed by atoms with Crippen molar-refractivity contribution in [3.8, 4) is 0 Å². The fourth-order valence-corrected chi connectivity index (χ4v) is 3.37. The van der Waals surface area contributed by atoms with Crippen LogP contribution in [-0.2, 0) is 6.42 Å². The van der Waals surface area contributed by atoms with E-state index in [2.05, 4.69) is 29.4 Å². The van der Waals surface area contributed by atoms with E-state index in [0.717, 1.165) is 22.1 Å². The predicted octanol–water partition coefficient (Wildman–Crippen LogP) is 5.22. The van der Waals surface area contributed by atoms with Crippen molar-refractivity contribution in [2.75, 3.05) is 5.32 Å². The minimum Gasteiger partial charge on any atom is -0.354 e. The number of rotatable bonds is 5. The van der Waals surface area contributed by atoms with Crippen molar-refractivity contribution in [3.05, 3.63) is 38.8 Å². The maximum Gasteiger partial charge on any atom is 0.206 e. The van der Waals surface area contributed by atoms with Crippen molar-refractivity contribution < 1.29 is 0 Å². The summed E-state index contributed by atoms with van der Waals surface area (Å²) in [6.07, 6.45) is 0.950. The zero-order valence-corrected chi connectivity index (χ0v) is 14.0. The highest BCUT2D eigenvalue weighted by Gasteiger charge is 2.14. The molecule has 1 heterocycles. The fraction of sp³-hybridized carbons (Fsp3) is 0.429. The third-order valence-electron chi connectivity index (χ3n) is 2.84. The summed E-state index contributed by atoms with van der Waals surface area (Å²) in [7, 11) is 0. The van der Waals surface area contributed by atoms with Gasteiger partial charge in [0.05, 0.1) is 16.1 Å². The molecule has 0 saturated carbocycles. The van der Waals surface area contributed by atoms with Crippen LogP contribution in [0.4, 0.5) is 5.13 Å². The Kier molecular flexibility index (Phi) is 5.24. The summed E-state index contributed by atoms with van der Waals surface area (Å²) in [5, 5.41) is 14.7. The van der Waals surface area contributed by atoms with Crippen LogP contribution in [0.3, 0.4) is 0 Å². The molecule has 1 aromatic heterocycles. The molecule has 2 aromatic rings. The van der Waals surface area contributed by atoms with Gasteiger partial charge in [-0.1, -0.05) is 60.5 Å². The number of aromatic nitrogens is 2. The van der Waals surface area contributed by atoms with Gasteiger partial charge < -0.3 is 5.32 Å². The van der Waals surface area contributed by atoms with E-state index in [0.29, 0.717) is 16.0 Å². The Bertz CT molecular complexity index is 584. The highest BCUT2D eigenvalue weighted by molar-refractivity contribution is 7.15. The van der Waals surface area contributed by atoms with Gasteiger partial charge in [-0.05, 0) is 24.5 Å². The van der Waals surface area contributed by atoms with E-state index in [1.807, 2.05) is 19.1 Å². The number of benzene rings is 1. The molecule has 0 saturated heterocycles. The minimum absolute atomic E-state index is 0.0287. The summed E-state index contributed by atoms with van der Waals surface area (Å²) < 4.78 is 0. The van der Waals surface area contributed by atoms with Gasteiger partial charge in [0.15, 0.2) is 0 Å². The van der Waals surface area contributed by atoms with E-state index in [-0.39, 0.29) is 6.04 Å². The van der Waals surface area contributed by atoms with E-state index in [9.17, 15) is 0 Å². The number of nitrogens with one attached hydrogen (secondary N) is 1. The Labute approximate surface area is 133 Å². The number of hydrogen-bond donors (Lipinski definition) is 1. The molecule has 20 heavy (non-hydrogen) atoms. The summed E-state index contributed by atoms with van der Waals surface area (Å²) in [5.41, 5.74) is 0.958. The average molecular weight is 330 g/mol. The molecule has 0 spiro atoms. The van der Waals surface area contributed by atoms with Crippen LogP contribution < -0.4 is 5.32 Å². The molecule has 6 heteroatoms. The lowest BCUT2D eigenvalue weighted by Crippen LogP contribution is -2.07. The van der Waals surface area contributed by atoms with Crippen LogP contribution in [0, 0.1) is 5.92 Å². The summed E-state index contributed by atoms with van der Waals surface area (Å²) in [4.78, 5) is 0. The molecule has 1 unspecified atom stereocenters. The molecule has 1 N–H and O–H groups in total. The molecule has 0 bridgehead atoms. The van der Waals surface area contributed by atoms with Gasteiger partial charge in [-0.25, -0.2) is 0 Å². The third kappa shape index (κ3) is 3.84. The van der Waals surface area contributed by atoms with E-state index in [1.165, 1.54) is 0 Å². The van der Waals surface area contributed by atoms with Crippen LogP contribution in [-0.4, -0.2) is 10.2 Å². The Morgan fingerprint density at radius 2 is 1.95 bits per heavy atom. The standard InChI is InChI=1S/C14H17Cl2N3S/c1-8(2)7-12-18-19-14(20-12)17-9(3)10-5-4-6-11(15)13(10)16/h4-6,8-9H,7H2,1-3H3,(H,17,19). The lowest BCUT2D eigenvalue weighted by atomic mass is 10.1. The van der Waals surface area contributed by atoms with Gasteiger partial charge in [-0.3, -0.25) is 0 Å². The lowest BCUT2D eigenvalue weighted by molar-refractivity contribution is 0.640. The van der Waals surface area contributed by atoms with Crippen LogP contribution in [0.25, 0.3) is 0 Å². The first-order valence-corrected chi connectivity index (χ1v) is 8.07. The maximum absolute atomic E-state index is 6.22. The highest BCUT2D eigenvalue weighted by Crippen LogP contribution is 2.32. The summed E-state index contributed by atoms with van der Waals surface area (Å²) in [5.74, 6) is 0.579. The van der Waals surface area contributed by atoms with Crippen molar-refractivity contribution in [1.82, 2.24) is 10.2 Å². The van der Waals surface area contributed by atoms with Crippen LogP contribution in [0.1, 0.15) is 37.4 Å². The quantitative estimate of drug-likeness (QED) is 0.817. The molecule has 0 aliphatic heterocycles. The Morgan fingerprint density at radius 3 is 2.65 bits per heavy atom. The van der Waals surface area contributed by atoms with Gasteiger partial charge in [-0.2, -0.15) is 0 Å². The highest BCUT2D eigenvalue weighted by atomic mass is 35.5. The second-order valence-corrected chi connectivity index (χ2v) is 6.96. The normalized spacial score (nSPS) is 12.7. The van der Waals surface area contributed by atoms with Crippen molar-refractivity contribution in [2.45, 2.75) is 33.2 Å². The molecule has 3 nitrogen and oxygen atoms in total.